The van der Waals surface area contributed by atoms with Crippen LogP contribution in [0.5, 0.6) is 5.75 Å². The minimum atomic E-state index is -1.09. The predicted molar refractivity (Wildman–Crippen MR) is 138 cm³/mol. The van der Waals surface area contributed by atoms with E-state index in [-0.39, 0.29) is 31.5 Å². The van der Waals surface area contributed by atoms with Crippen LogP contribution in [-0.2, 0) is 19.1 Å². The highest BCUT2D eigenvalue weighted by Crippen LogP contribution is 2.22. The Morgan fingerprint density at radius 2 is 1.86 bits per heavy atom. The number of azide groups is 1. The minimum Gasteiger partial charge on any atom is -0.491 e. The van der Waals surface area contributed by atoms with Crippen molar-refractivity contribution in [2.75, 3.05) is 33.0 Å². The lowest BCUT2D eigenvalue weighted by molar-refractivity contribution is -0.143. The lowest BCUT2D eigenvalue weighted by atomic mass is 9.89. The van der Waals surface area contributed by atoms with Gasteiger partial charge in [-0.25, -0.2) is 4.79 Å². The van der Waals surface area contributed by atoms with Crippen molar-refractivity contribution in [1.29, 1.82) is 0 Å². The number of carboxylic acids is 1. The SMILES string of the molecule is CC(C)(C)CCCCCC(=O)CCCNC(=O)c1cccc(OCC(N=[N+]=[N-])OCCOCC(=O)O)c1. The third-order valence-corrected chi connectivity index (χ3v) is 5.23. The number of rotatable bonds is 20. The van der Waals surface area contributed by atoms with Crippen LogP contribution in [0, 0.1) is 5.41 Å². The summed E-state index contributed by atoms with van der Waals surface area (Å²) in [6.07, 6.45) is 4.95. The first-order chi connectivity index (χ1) is 17.6. The van der Waals surface area contributed by atoms with E-state index in [1.807, 2.05) is 0 Å². The molecule has 206 valence electrons. The fourth-order valence-electron chi connectivity index (χ4n) is 3.34. The van der Waals surface area contributed by atoms with Crippen molar-refractivity contribution in [1.82, 2.24) is 5.32 Å². The normalized spacial score (nSPS) is 11.9. The van der Waals surface area contributed by atoms with Crippen molar-refractivity contribution in [2.24, 2.45) is 10.5 Å². The molecule has 0 heterocycles. The molecule has 1 aromatic rings. The number of carbonyl (C=O) groups is 3. The zero-order valence-corrected chi connectivity index (χ0v) is 22.1. The molecule has 0 aliphatic rings. The number of nitrogens with zero attached hydrogens (tertiary/aromatic N) is 3. The number of hydrogen-bond donors (Lipinski definition) is 2. The van der Waals surface area contributed by atoms with Crippen LogP contribution in [0.2, 0.25) is 0 Å². The third-order valence-electron chi connectivity index (χ3n) is 5.23. The molecule has 0 saturated heterocycles. The maximum atomic E-state index is 12.5. The Morgan fingerprint density at radius 1 is 1.11 bits per heavy atom. The molecule has 0 fully saturated rings. The van der Waals surface area contributed by atoms with Crippen molar-refractivity contribution in [2.45, 2.75) is 71.9 Å². The number of aliphatic carboxylic acids is 1. The van der Waals surface area contributed by atoms with Crippen LogP contribution in [0.1, 0.15) is 76.1 Å². The Morgan fingerprint density at radius 3 is 2.57 bits per heavy atom. The lowest BCUT2D eigenvalue weighted by Gasteiger charge is -2.17. The molecule has 1 unspecified atom stereocenters. The van der Waals surface area contributed by atoms with E-state index in [1.54, 1.807) is 24.3 Å². The maximum absolute atomic E-state index is 12.5. The second-order valence-corrected chi connectivity index (χ2v) is 9.83. The quantitative estimate of drug-likeness (QED) is 0.107. The van der Waals surface area contributed by atoms with Gasteiger partial charge in [0.1, 0.15) is 24.7 Å². The standard InChI is InChI=1S/C26H40N4O7/c1-26(2,3)13-6-4-5-10-21(31)11-8-14-28-25(34)20-9-7-12-22(17-20)37-18-23(29-30-27)36-16-15-35-19-24(32)33/h7,9,12,17,23H,4-6,8,10-11,13-16,18-19H2,1-3H3,(H,28,34)(H,32,33). The molecule has 37 heavy (non-hydrogen) atoms. The Bertz CT molecular complexity index is 895. The topological polar surface area (TPSA) is 160 Å². The number of Topliss-reactive ketones (excluding diaryl/α,β-unsaturated/α-hetero) is 1. The maximum Gasteiger partial charge on any atom is 0.329 e. The first kappa shape index (κ1) is 31.9. The second-order valence-electron chi connectivity index (χ2n) is 9.83. The highest BCUT2D eigenvalue weighted by Gasteiger charge is 2.12. The average Bonchev–Trinajstić information content (AvgIpc) is 2.83. The smallest absolute Gasteiger partial charge is 0.329 e. The number of hydrogen-bond acceptors (Lipinski definition) is 7. The summed E-state index contributed by atoms with van der Waals surface area (Å²) < 4.78 is 15.8. The Labute approximate surface area is 218 Å². The number of benzene rings is 1. The van der Waals surface area contributed by atoms with E-state index < -0.39 is 18.8 Å². The minimum absolute atomic E-state index is 0.0163. The van der Waals surface area contributed by atoms with Gasteiger partial charge in [-0.15, -0.1) is 0 Å². The number of ether oxygens (including phenoxy) is 3. The summed E-state index contributed by atoms with van der Waals surface area (Å²) in [6, 6.07) is 6.52. The number of carboxylic acid groups (broad SMARTS) is 1. The van der Waals surface area contributed by atoms with Crippen LogP contribution < -0.4 is 10.1 Å². The van der Waals surface area contributed by atoms with Crippen molar-refractivity contribution < 1.29 is 33.7 Å². The molecule has 0 saturated carbocycles. The van der Waals surface area contributed by atoms with Crippen molar-refractivity contribution in [3.05, 3.63) is 40.3 Å². The van der Waals surface area contributed by atoms with Crippen LogP contribution in [-0.4, -0.2) is 62.0 Å². The van der Waals surface area contributed by atoms with Gasteiger partial charge in [0.25, 0.3) is 5.91 Å². The summed E-state index contributed by atoms with van der Waals surface area (Å²) in [5.41, 5.74) is 9.42. The molecule has 1 amide bonds. The Hall–Kier alpha value is -3.14. The first-order valence-corrected chi connectivity index (χ1v) is 12.6. The van der Waals surface area contributed by atoms with Crippen LogP contribution in [0.15, 0.2) is 29.4 Å². The largest absolute Gasteiger partial charge is 0.491 e. The lowest BCUT2D eigenvalue weighted by Crippen LogP contribution is -2.25. The molecule has 1 rings (SSSR count). The monoisotopic (exact) mass is 520 g/mol. The number of amides is 1. The summed E-state index contributed by atoms with van der Waals surface area (Å²) in [5, 5.41) is 14.8. The van der Waals surface area contributed by atoms with Crippen molar-refractivity contribution in [3.63, 3.8) is 0 Å². The fraction of sp³-hybridized carbons (Fsp3) is 0.654. The van der Waals surface area contributed by atoms with Gasteiger partial charge in [-0.2, -0.15) is 0 Å². The fourth-order valence-corrected chi connectivity index (χ4v) is 3.34. The summed E-state index contributed by atoms with van der Waals surface area (Å²) in [5.74, 6) is -0.757. The number of nitrogens with one attached hydrogen (secondary N) is 1. The van der Waals surface area contributed by atoms with Gasteiger partial charge in [-0.05, 0) is 48.4 Å². The van der Waals surface area contributed by atoms with Crippen molar-refractivity contribution >= 4 is 17.7 Å². The van der Waals surface area contributed by atoms with E-state index in [0.717, 1.165) is 25.7 Å². The van der Waals surface area contributed by atoms with Crippen LogP contribution >= 0.6 is 0 Å². The molecule has 0 aliphatic heterocycles. The molecule has 0 bridgehead atoms. The Balaban J connectivity index is 2.32. The van der Waals surface area contributed by atoms with Crippen LogP contribution in [0.4, 0.5) is 0 Å². The number of unbranched alkanes of at least 4 members (excludes halogenated alkanes) is 2. The molecular formula is C26H40N4O7. The van der Waals surface area contributed by atoms with E-state index in [9.17, 15) is 14.4 Å². The molecule has 11 heteroatoms. The van der Waals surface area contributed by atoms with Gasteiger partial charge in [0, 0.05) is 29.9 Å². The molecule has 1 aromatic carbocycles. The summed E-state index contributed by atoms with van der Waals surface area (Å²) in [7, 11) is 0. The van der Waals surface area contributed by atoms with Gasteiger partial charge in [0.05, 0.1) is 13.2 Å². The van der Waals surface area contributed by atoms with Gasteiger partial charge in [-0.1, -0.05) is 44.8 Å². The van der Waals surface area contributed by atoms with E-state index in [4.69, 9.17) is 24.8 Å². The predicted octanol–water partition coefficient (Wildman–Crippen LogP) is 4.90. The van der Waals surface area contributed by atoms with E-state index in [1.165, 1.54) is 0 Å². The van der Waals surface area contributed by atoms with Crippen LogP contribution in [0.3, 0.4) is 0 Å². The average molecular weight is 521 g/mol. The molecule has 11 nitrogen and oxygen atoms in total. The number of ketones is 1. The van der Waals surface area contributed by atoms with E-state index >= 15 is 0 Å². The second kappa shape index (κ2) is 18.2. The summed E-state index contributed by atoms with van der Waals surface area (Å²) in [4.78, 5) is 37.6. The highest BCUT2D eigenvalue weighted by atomic mass is 16.6. The zero-order chi connectivity index (χ0) is 27.5. The number of carbonyl (C=O) groups excluding carboxylic acids is 2. The molecule has 1 atom stereocenters. The molecule has 0 aliphatic carbocycles. The molecule has 0 aromatic heterocycles. The first-order valence-electron chi connectivity index (χ1n) is 12.6. The molecule has 0 spiro atoms. The molecular weight excluding hydrogens is 480 g/mol. The highest BCUT2D eigenvalue weighted by molar-refractivity contribution is 5.94. The zero-order valence-electron chi connectivity index (χ0n) is 22.1. The third kappa shape index (κ3) is 17.0. The molecule has 0 radical (unpaired) electrons. The summed E-state index contributed by atoms with van der Waals surface area (Å²) >= 11 is 0. The Kier molecular flexibility index (Phi) is 15.6. The molecule has 2 N–H and O–H groups in total. The van der Waals surface area contributed by atoms with E-state index in [2.05, 4.69) is 36.1 Å². The van der Waals surface area contributed by atoms with Gasteiger partial charge in [0.15, 0.2) is 6.23 Å². The van der Waals surface area contributed by atoms with Crippen molar-refractivity contribution in [3.8, 4) is 5.75 Å². The van der Waals surface area contributed by atoms with Crippen LogP contribution in [0.25, 0.3) is 10.4 Å². The van der Waals surface area contributed by atoms with Gasteiger partial charge in [0.2, 0.25) is 0 Å². The van der Waals surface area contributed by atoms with Gasteiger partial charge < -0.3 is 24.6 Å². The summed E-state index contributed by atoms with van der Waals surface area (Å²) in [6.45, 7) is 6.54. The van der Waals surface area contributed by atoms with E-state index in [0.29, 0.717) is 42.5 Å². The van der Waals surface area contributed by atoms with Gasteiger partial charge in [-0.3, -0.25) is 9.59 Å². The van der Waals surface area contributed by atoms with Gasteiger partial charge >= 0.3 is 5.97 Å².